The molecule has 1 amide bonds. The zero-order chi connectivity index (χ0) is 17.1. The SMILES string of the molecule is Cc1cnc(C)c(N2CCN([C@@H](C)C(=O)NC3CCCC3)CC2)n1. The normalized spacial score (nSPS) is 21.0. The molecule has 2 fully saturated rings. The molecule has 1 aliphatic heterocycles. The van der Waals surface area contributed by atoms with Crippen LogP contribution in [0, 0.1) is 13.8 Å². The topological polar surface area (TPSA) is 61.4 Å². The van der Waals surface area contributed by atoms with E-state index in [0.29, 0.717) is 6.04 Å². The molecular formula is C18H29N5O. The number of hydrogen-bond donors (Lipinski definition) is 1. The second-order valence-corrected chi connectivity index (χ2v) is 7.11. The quantitative estimate of drug-likeness (QED) is 0.909. The Labute approximate surface area is 144 Å². The molecule has 2 heterocycles. The number of amides is 1. The van der Waals surface area contributed by atoms with Crippen molar-refractivity contribution in [1.82, 2.24) is 20.2 Å². The van der Waals surface area contributed by atoms with Crippen molar-refractivity contribution >= 4 is 11.7 Å². The number of carbonyl (C=O) groups excluding carboxylic acids is 1. The van der Waals surface area contributed by atoms with E-state index in [0.717, 1.165) is 56.2 Å². The summed E-state index contributed by atoms with van der Waals surface area (Å²) >= 11 is 0. The molecule has 24 heavy (non-hydrogen) atoms. The first-order chi connectivity index (χ1) is 11.5. The average Bonchev–Trinajstić information content (AvgIpc) is 3.09. The second-order valence-electron chi connectivity index (χ2n) is 7.11. The predicted molar refractivity (Wildman–Crippen MR) is 95.2 cm³/mol. The van der Waals surface area contributed by atoms with Crippen LogP contribution in [0.1, 0.15) is 44.0 Å². The lowest BCUT2D eigenvalue weighted by Crippen LogP contribution is -2.55. The Bertz CT molecular complexity index is 577. The molecule has 0 unspecified atom stereocenters. The van der Waals surface area contributed by atoms with Crippen LogP contribution in [0.5, 0.6) is 0 Å². The molecule has 6 heteroatoms. The standard InChI is InChI=1S/C18H29N5O/c1-13-12-19-14(2)17(20-13)23-10-8-22(9-11-23)15(3)18(24)21-16-6-4-5-7-16/h12,15-16H,4-11H2,1-3H3,(H,21,24)/t15-/m0/s1. The Morgan fingerprint density at radius 1 is 1.21 bits per heavy atom. The third-order valence-corrected chi connectivity index (χ3v) is 5.29. The average molecular weight is 331 g/mol. The number of anilines is 1. The molecule has 0 spiro atoms. The van der Waals surface area contributed by atoms with Crippen molar-refractivity contribution in [2.24, 2.45) is 0 Å². The van der Waals surface area contributed by atoms with Crippen molar-refractivity contribution < 1.29 is 4.79 Å². The smallest absolute Gasteiger partial charge is 0.237 e. The van der Waals surface area contributed by atoms with E-state index in [-0.39, 0.29) is 11.9 Å². The Kier molecular flexibility index (Phi) is 5.33. The van der Waals surface area contributed by atoms with E-state index in [9.17, 15) is 4.79 Å². The number of aryl methyl sites for hydroxylation is 2. The van der Waals surface area contributed by atoms with Crippen molar-refractivity contribution in [3.8, 4) is 0 Å². The van der Waals surface area contributed by atoms with Crippen molar-refractivity contribution in [1.29, 1.82) is 0 Å². The lowest BCUT2D eigenvalue weighted by atomic mass is 10.2. The van der Waals surface area contributed by atoms with Crippen molar-refractivity contribution in [3.63, 3.8) is 0 Å². The van der Waals surface area contributed by atoms with Gasteiger partial charge in [0.05, 0.1) is 17.4 Å². The lowest BCUT2D eigenvalue weighted by Gasteiger charge is -2.38. The van der Waals surface area contributed by atoms with Gasteiger partial charge in [0.25, 0.3) is 0 Å². The maximum Gasteiger partial charge on any atom is 0.237 e. The van der Waals surface area contributed by atoms with Gasteiger partial charge in [-0.1, -0.05) is 12.8 Å². The first-order valence-corrected chi connectivity index (χ1v) is 9.14. The fourth-order valence-electron chi connectivity index (χ4n) is 3.70. The van der Waals surface area contributed by atoms with Crippen LogP contribution in [0.2, 0.25) is 0 Å². The highest BCUT2D eigenvalue weighted by Crippen LogP contribution is 2.20. The van der Waals surface area contributed by atoms with Crippen LogP contribution >= 0.6 is 0 Å². The zero-order valence-electron chi connectivity index (χ0n) is 15.1. The van der Waals surface area contributed by atoms with Crippen LogP contribution in [-0.2, 0) is 4.79 Å². The summed E-state index contributed by atoms with van der Waals surface area (Å²) in [4.78, 5) is 26.1. The summed E-state index contributed by atoms with van der Waals surface area (Å²) in [6, 6.07) is 0.337. The molecule has 0 radical (unpaired) electrons. The minimum atomic E-state index is -0.0579. The second kappa shape index (κ2) is 7.47. The predicted octanol–water partition coefficient (Wildman–Crippen LogP) is 1.66. The number of nitrogens with zero attached hydrogens (tertiary/aromatic N) is 4. The van der Waals surface area contributed by atoms with Gasteiger partial charge in [0.2, 0.25) is 5.91 Å². The van der Waals surface area contributed by atoms with Crippen LogP contribution in [0.4, 0.5) is 5.82 Å². The van der Waals surface area contributed by atoms with Gasteiger partial charge in [-0.15, -0.1) is 0 Å². The summed E-state index contributed by atoms with van der Waals surface area (Å²) in [6.07, 6.45) is 6.57. The van der Waals surface area contributed by atoms with Crippen molar-refractivity contribution in [3.05, 3.63) is 17.6 Å². The molecule has 1 atom stereocenters. The summed E-state index contributed by atoms with van der Waals surface area (Å²) in [5, 5.41) is 3.22. The van der Waals surface area contributed by atoms with E-state index in [2.05, 4.69) is 25.1 Å². The third-order valence-electron chi connectivity index (χ3n) is 5.29. The van der Waals surface area contributed by atoms with Crippen LogP contribution in [-0.4, -0.2) is 59.0 Å². The lowest BCUT2D eigenvalue weighted by molar-refractivity contribution is -0.126. The van der Waals surface area contributed by atoms with Gasteiger partial charge in [-0.3, -0.25) is 14.7 Å². The highest BCUT2D eigenvalue weighted by atomic mass is 16.2. The van der Waals surface area contributed by atoms with Gasteiger partial charge in [-0.05, 0) is 33.6 Å². The highest BCUT2D eigenvalue weighted by molar-refractivity contribution is 5.81. The molecule has 6 nitrogen and oxygen atoms in total. The van der Waals surface area contributed by atoms with Gasteiger partial charge < -0.3 is 10.2 Å². The summed E-state index contributed by atoms with van der Waals surface area (Å²) in [7, 11) is 0. The monoisotopic (exact) mass is 331 g/mol. The zero-order valence-corrected chi connectivity index (χ0v) is 15.1. The molecule has 1 saturated heterocycles. The molecule has 1 saturated carbocycles. The van der Waals surface area contributed by atoms with E-state index in [4.69, 9.17) is 0 Å². The molecular weight excluding hydrogens is 302 g/mol. The Hall–Kier alpha value is -1.69. The fourth-order valence-corrected chi connectivity index (χ4v) is 3.70. The summed E-state index contributed by atoms with van der Waals surface area (Å²) < 4.78 is 0. The van der Waals surface area contributed by atoms with E-state index < -0.39 is 0 Å². The molecule has 1 aromatic rings. The van der Waals surface area contributed by atoms with Crippen LogP contribution in [0.3, 0.4) is 0 Å². The number of hydrogen-bond acceptors (Lipinski definition) is 5. The molecule has 2 aliphatic rings. The van der Waals surface area contributed by atoms with E-state index in [1.165, 1.54) is 12.8 Å². The number of carbonyl (C=O) groups is 1. The molecule has 1 aromatic heterocycles. The van der Waals surface area contributed by atoms with E-state index >= 15 is 0 Å². The Morgan fingerprint density at radius 2 is 1.88 bits per heavy atom. The number of piperazine rings is 1. The molecule has 0 aromatic carbocycles. The number of aromatic nitrogens is 2. The van der Waals surface area contributed by atoms with E-state index in [1.807, 2.05) is 27.0 Å². The van der Waals surface area contributed by atoms with Crippen LogP contribution < -0.4 is 10.2 Å². The number of rotatable bonds is 4. The molecule has 132 valence electrons. The van der Waals surface area contributed by atoms with E-state index in [1.54, 1.807) is 0 Å². The van der Waals surface area contributed by atoms with Gasteiger partial charge in [0.15, 0.2) is 0 Å². The first kappa shape index (κ1) is 17.1. The summed E-state index contributed by atoms with van der Waals surface area (Å²) in [5.41, 5.74) is 1.92. The Balaban J connectivity index is 1.54. The first-order valence-electron chi connectivity index (χ1n) is 9.14. The highest BCUT2D eigenvalue weighted by Gasteiger charge is 2.28. The van der Waals surface area contributed by atoms with Gasteiger partial charge in [0.1, 0.15) is 5.82 Å². The van der Waals surface area contributed by atoms with Crippen molar-refractivity contribution in [2.45, 2.75) is 58.5 Å². The largest absolute Gasteiger partial charge is 0.353 e. The fraction of sp³-hybridized carbons (Fsp3) is 0.722. The van der Waals surface area contributed by atoms with Gasteiger partial charge >= 0.3 is 0 Å². The molecule has 1 N–H and O–H groups in total. The maximum atomic E-state index is 12.5. The Morgan fingerprint density at radius 3 is 2.54 bits per heavy atom. The maximum absolute atomic E-state index is 12.5. The molecule has 3 rings (SSSR count). The third kappa shape index (κ3) is 3.86. The van der Waals surface area contributed by atoms with Gasteiger partial charge in [-0.2, -0.15) is 0 Å². The molecule has 1 aliphatic carbocycles. The van der Waals surface area contributed by atoms with Crippen LogP contribution in [0.25, 0.3) is 0 Å². The van der Waals surface area contributed by atoms with Crippen molar-refractivity contribution in [2.75, 3.05) is 31.1 Å². The van der Waals surface area contributed by atoms with Gasteiger partial charge in [-0.25, -0.2) is 4.98 Å². The van der Waals surface area contributed by atoms with Gasteiger partial charge in [0, 0.05) is 38.4 Å². The number of nitrogens with one attached hydrogen (secondary N) is 1. The summed E-state index contributed by atoms with van der Waals surface area (Å²) in [5.74, 6) is 1.17. The minimum Gasteiger partial charge on any atom is -0.353 e. The van der Waals surface area contributed by atoms with Crippen LogP contribution in [0.15, 0.2) is 6.20 Å². The summed E-state index contributed by atoms with van der Waals surface area (Å²) in [6.45, 7) is 9.55. The molecule has 0 bridgehead atoms. The minimum absolute atomic E-state index is 0.0579.